The number of aliphatic hydroxyl groups is 2. The molecule has 4 N–H and O–H groups in total. The summed E-state index contributed by atoms with van der Waals surface area (Å²) in [7, 11) is 1.15. The van der Waals surface area contributed by atoms with Gasteiger partial charge in [-0.25, -0.2) is 0 Å². The molecule has 2 unspecified atom stereocenters. The molecule has 0 fully saturated rings. The molecule has 8 nitrogen and oxygen atoms in total. The second kappa shape index (κ2) is 6.31. The van der Waals surface area contributed by atoms with E-state index in [9.17, 15) is 25.1 Å². The molecule has 0 saturated carbocycles. The second-order valence-electron chi connectivity index (χ2n) is 4.32. The summed E-state index contributed by atoms with van der Waals surface area (Å²) in [6.07, 6.45) is -3.30. The Labute approximate surface area is 114 Å². The summed E-state index contributed by atoms with van der Waals surface area (Å²) in [6, 6.07) is 2.50. The van der Waals surface area contributed by atoms with Gasteiger partial charge in [0.25, 0.3) is 5.69 Å². The zero-order valence-corrected chi connectivity index (χ0v) is 11.1. The standard InChI is InChI=1S/C12H16N2O6/c1-6-3-7(4-8(11(6)13)14(18)19)12(17)9(15)5-10(16)20-2/h3-4,9,12,15,17H,5,13H2,1-2H3. The minimum Gasteiger partial charge on any atom is -0.469 e. The number of esters is 1. The first-order chi connectivity index (χ1) is 9.27. The van der Waals surface area contributed by atoms with Crippen molar-refractivity contribution in [1.29, 1.82) is 0 Å². The largest absolute Gasteiger partial charge is 0.469 e. The molecule has 0 bridgehead atoms. The van der Waals surface area contributed by atoms with E-state index in [1.165, 1.54) is 6.07 Å². The van der Waals surface area contributed by atoms with E-state index in [-0.39, 0.29) is 16.9 Å². The van der Waals surface area contributed by atoms with E-state index in [2.05, 4.69) is 4.74 Å². The first-order valence-electron chi connectivity index (χ1n) is 5.75. The van der Waals surface area contributed by atoms with Crippen LogP contribution in [0.3, 0.4) is 0 Å². The number of nitro groups is 1. The van der Waals surface area contributed by atoms with Crippen LogP contribution in [0, 0.1) is 17.0 Å². The molecule has 1 aromatic carbocycles. The Kier molecular flexibility index (Phi) is 5.00. The first kappa shape index (κ1) is 15.9. The summed E-state index contributed by atoms with van der Waals surface area (Å²) < 4.78 is 4.37. The van der Waals surface area contributed by atoms with Gasteiger partial charge in [0.15, 0.2) is 0 Å². The number of methoxy groups -OCH3 is 1. The maximum absolute atomic E-state index is 11.0. The minimum absolute atomic E-state index is 0.00610. The Morgan fingerprint density at radius 3 is 2.60 bits per heavy atom. The highest BCUT2D eigenvalue weighted by atomic mass is 16.6. The van der Waals surface area contributed by atoms with Gasteiger partial charge in [0.05, 0.1) is 24.6 Å². The van der Waals surface area contributed by atoms with E-state index >= 15 is 0 Å². The van der Waals surface area contributed by atoms with E-state index in [1.807, 2.05) is 0 Å². The highest BCUT2D eigenvalue weighted by Gasteiger charge is 2.25. The molecule has 0 aliphatic carbocycles. The van der Waals surface area contributed by atoms with Crippen LogP contribution in [0.5, 0.6) is 0 Å². The normalized spacial score (nSPS) is 13.6. The maximum Gasteiger partial charge on any atom is 0.308 e. The van der Waals surface area contributed by atoms with Crippen LogP contribution in [0.25, 0.3) is 0 Å². The van der Waals surface area contributed by atoms with Gasteiger partial charge in [-0.15, -0.1) is 0 Å². The molecule has 8 heteroatoms. The van der Waals surface area contributed by atoms with E-state index in [0.29, 0.717) is 5.56 Å². The number of hydrogen-bond donors (Lipinski definition) is 3. The van der Waals surface area contributed by atoms with Crippen LogP contribution in [-0.4, -0.2) is 34.3 Å². The summed E-state index contributed by atoms with van der Waals surface area (Å²) in [5, 5.41) is 30.5. The topological polar surface area (TPSA) is 136 Å². The highest BCUT2D eigenvalue weighted by molar-refractivity contribution is 5.70. The van der Waals surface area contributed by atoms with Crippen molar-refractivity contribution in [3.05, 3.63) is 33.4 Å². The van der Waals surface area contributed by atoms with Crippen LogP contribution >= 0.6 is 0 Å². The number of carbonyl (C=O) groups excluding carboxylic acids is 1. The average molecular weight is 284 g/mol. The lowest BCUT2D eigenvalue weighted by atomic mass is 9.98. The molecule has 0 saturated heterocycles. The molecule has 2 atom stereocenters. The number of anilines is 1. The Hall–Kier alpha value is -2.19. The Balaban J connectivity index is 3.07. The monoisotopic (exact) mass is 284 g/mol. The van der Waals surface area contributed by atoms with Gasteiger partial charge in [-0.1, -0.05) is 6.07 Å². The van der Waals surface area contributed by atoms with Crippen LogP contribution in [0.1, 0.15) is 23.7 Å². The molecule has 0 radical (unpaired) electrons. The summed E-state index contributed by atoms with van der Waals surface area (Å²) in [4.78, 5) is 21.2. The number of ether oxygens (including phenoxy) is 1. The summed E-state index contributed by atoms with van der Waals surface area (Å²) in [5.74, 6) is -0.696. The SMILES string of the molecule is COC(=O)CC(O)C(O)c1cc(C)c(N)c([N+](=O)[O-])c1. The van der Waals surface area contributed by atoms with Crippen molar-refractivity contribution in [2.75, 3.05) is 12.8 Å². The zero-order chi connectivity index (χ0) is 15.4. The van der Waals surface area contributed by atoms with Crippen LogP contribution < -0.4 is 5.73 Å². The fourth-order valence-electron chi connectivity index (χ4n) is 1.72. The number of benzene rings is 1. The number of nitrogens with zero attached hydrogens (tertiary/aromatic N) is 1. The molecule has 0 aromatic heterocycles. The lowest BCUT2D eigenvalue weighted by Gasteiger charge is -2.18. The van der Waals surface area contributed by atoms with Gasteiger partial charge in [0.1, 0.15) is 11.8 Å². The number of aliphatic hydroxyl groups excluding tert-OH is 2. The number of nitrogen functional groups attached to an aromatic ring is 1. The quantitative estimate of drug-likeness (QED) is 0.309. The molecule has 0 amide bonds. The fourth-order valence-corrected chi connectivity index (χ4v) is 1.72. The van der Waals surface area contributed by atoms with Crippen molar-refractivity contribution in [2.24, 2.45) is 0 Å². The number of rotatable bonds is 5. The molecule has 0 aliphatic heterocycles. The minimum atomic E-state index is -1.45. The third kappa shape index (κ3) is 3.43. The van der Waals surface area contributed by atoms with Crippen molar-refractivity contribution in [3.8, 4) is 0 Å². The molecular weight excluding hydrogens is 268 g/mol. The van der Waals surface area contributed by atoms with Crippen molar-refractivity contribution in [3.63, 3.8) is 0 Å². The van der Waals surface area contributed by atoms with Gasteiger partial charge in [0.2, 0.25) is 0 Å². The van der Waals surface area contributed by atoms with Crippen molar-refractivity contribution < 1.29 is 24.7 Å². The van der Waals surface area contributed by atoms with E-state index in [0.717, 1.165) is 13.2 Å². The number of aryl methyl sites for hydroxylation is 1. The first-order valence-corrected chi connectivity index (χ1v) is 5.75. The van der Waals surface area contributed by atoms with Crippen molar-refractivity contribution >= 4 is 17.3 Å². The molecule has 0 spiro atoms. The molecule has 110 valence electrons. The van der Waals surface area contributed by atoms with Crippen LogP contribution in [0.15, 0.2) is 12.1 Å². The number of hydrogen-bond acceptors (Lipinski definition) is 7. The molecule has 1 rings (SSSR count). The summed E-state index contributed by atoms with van der Waals surface area (Å²) >= 11 is 0. The van der Waals surface area contributed by atoms with Gasteiger partial charge in [-0.2, -0.15) is 0 Å². The number of nitro benzene ring substituents is 1. The number of carbonyl (C=O) groups is 1. The van der Waals surface area contributed by atoms with Gasteiger partial charge < -0.3 is 20.7 Å². The Bertz CT molecular complexity index is 531. The maximum atomic E-state index is 11.0. The smallest absolute Gasteiger partial charge is 0.308 e. The summed E-state index contributed by atoms with van der Waals surface area (Å²) in [5.41, 5.74) is 5.72. The molecule has 0 aliphatic rings. The van der Waals surface area contributed by atoms with E-state index < -0.39 is 29.5 Å². The van der Waals surface area contributed by atoms with E-state index in [1.54, 1.807) is 6.92 Å². The Morgan fingerprint density at radius 1 is 1.50 bits per heavy atom. The highest BCUT2D eigenvalue weighted by Crippen LogP contribution is 2.31. The van der Waals surface area contributed by atoms with Crippen molar-refractivity contribution in [2.45, 2.75) is 25.6 Å². The number of nitrogens with two attached hydrogens (primary N) is 1. The predicted octanol–water partition coefficient (Wildman–Crippen LogP) is 0.443. The second-order valence-corrected chi connectivity index (χ2v) is 4.32. The Morgan fingerprint density at radius 2 is 2.10 bits per heavy atom. The molecule has 1 aromatic rings. The lowest BCUT2D eigenvalue weighted by molar-refractivity contribution is -0.384. The van der Waals surface area contributed by atoms with Gasteiger partial charge in [-0.3, -0.25) is 14.9 Å². The molecule has 20 heavy (non-hydrogen) atoms. The third-order valence-electron chi connectivity index (χ3n) is 2.89. The zero-order valence-electron chi connectivity index (χ0n) is 11.1. The van der Waals surface area contributed by atoms with Gasteiger partial charge in [-0.05, 0) is 18.1 Å². The van der Waals surface area contributed by atoms with Crippen molar-refractivity contribution in [1.82, 2.24) is 0 Å². The van der Waals surface area contributed by atoms with Gasteiger partial charge >= 0.3 is 5.97 Å². The fraction of sp³-hybridized carbons (Fsp3) is 0.417. The van der Waals surface area contributed by atoms with Gasteiger partial charge in [0, 0.05) is 6.07 Å². The van der Waals surface area contributed by atoms with Crippen LogP contribution in [-0.2, 0) is 9.53 Å². The third-order valence-corrected chi connectivity index (χ3v) is 2.89. The molecular formula is C12H16N2O6. The van der Waals surface area contributed by atoms with Crippen LogP contribution in [0.2, 0.25) is 0 Å². The van der Waals surface area contributed by atoms with E-state index in [4.69, 9.17) is 5.73 Å². The molecule has 0 heterocycles. The lowest BCUT2D eigenvalue weighted by Crippen LogP contribution is -2.23. The average Bonchev–Trinajstić information content (AvgIpc) is 2.40. The predicted molar refractivity (Wildman–Crippen MR) is 69.8 cm³/mol. The van der Waals surface area contributed by atoms with Crippen LogP contribution in [0.4, 0.5) is 11.4 Å². The summed E-state index contributed by atoms with van der Waals surface area (Å²) in [6.45, 7) is 1.55.